The summed E-state index contributed by atoms with van der Waals surface area (Å²) in [6.07, 6.45) is 0. The van der Waals surface area contributed by atoms with E-state index in [9.17, 15) is 0 Å². The Morgan fingerprint density at radius 1 is 0.600 bits per heavy atom. The molecule has 0 spiro atoms. The van der Waals surface area contributed by atoms with Gasteiger partial charge < -0.3 is 9.80 Å². The van der Waals surface area contributed by atoms with E-state index in [0.29, 0.717) is 23.7 Å². The van der Waals surface area contributed by atoms with Crippen molar-refractivity contribution in [1.82, 2.24) is 9.80 Å². The number of hydrogen-bond donors (Lipinski definition) is 0. The van der Waals surface area contributed by atoms with E-state index in [0.717, 1.165) is 26.2 Å². The third kappa shape index (κ3) is 8.50. The SMILES string of the molecule is C=C(N(CC(C)C)CC(C)C)N(CC(C)C)CC(C)C. The van der Waals surface area contributed by atoms with Crippen LogP contribution in [0.2, 0.25) is 0 Å². The van der Waals surface area contributed by atoms with Crippen molar-refractivity contribution in [2.75, 3.05) is 26.2 Å². The molecule has 120 valence electrons. The maximum Gasteiger partial charge on any atom is 0.0965 e. The molecule has 0 saturated carbocycles. The van der Waals surface area contributed by atoms with Gasteiger partial charge in [-0.3, -0.25) is 0 Å². The van der Waals surface area contributed by atoms with E-state index < -0.39 is 0 Å². The fourth-order valence-electron chi connectivity index (χ4n) is 2.53. The summed E-state index contributed by atoms with van der Waals surface area (Å²) in [7, 11) is 0. The van der Waals surface area contributed by atoms with Gasteiger partial charge in [0.15, 0.2) is 0 Å². The van der Waals surface area contributed by atoms with Crippen molar-refractivity contribution < 1.29 is 0 Å². The molecule has 0 unspecified atom stereocenters. The molecule has 0 aliphatic rings. The van der Waals surface area contributed by atoms with Crippen molar-refractivity contribution in [2.24, 2.45) is 23.7 Å². The molecule has 2 heteroatoms. The van der Waals surface area contributed by atoms with Crippen molar-refractivity contribution in [3.8, 4) is 0 Å². The van der Waals surface area contributed by atoms with Gasteiger partial charge in [-0.2, -0.15) is 0 Å². The highest BCUT2D eigenvalue weighted by Crippen LogP contribution is 2.17. The van der Waals surface area contributed by atoms with Crippen LogP contribution in [0.15, 0.2) is 12.4 Å². The van der Waals surface area contributed by atoms with Gasteiger partial charge in [0.05, 0.1) is 5.82 Å². The van der Waals surface area contributed by atoms with Gasteiger partial charge in [0.1, 0.15) is 0 Å². The Balaban J connectivity index is 4.91. The maximum absolute atomic E-state index is 4.42. The molecule has 0 amide bonds. The second-order valence-electron chi connectivity index (χ2n) is 7.80. The quantitative estimate of drug-likeness (QED) is 0.574. The Morgan fingerprint density at radius 2 is 0.800 bits per heavy atom. The van der Waals surface area contributed by atoms with Crippen LogP contribution in [0.4, 0.5) is 0 Å². The Morgan fingerprint density at radius 3 is 0.950 bits per heavy atom. The zero-order valence-corrected chi connectivity index (χ0v) is 15.2. The van der Waals surface area contributed by atoms with E-state index in [-0.39, 0.29) is 0 Å². The summed E-state index contributed by atoms with van der Waals surface area (Å²) in [4.78, 5) is 4.97. The fourth-order valence-corrected chi connectivity index (χ4v) is 2.53. The van der Waals surface area contributed by atoms with Crippen LogP contribution in [-0.2, 0) is 0 Å². The lowest BCUT2D eigenvalue weighted by Crippen LogP contribution is -2.41. The maximum atomic E-state index is 4.42. The van der Waals surface area contributed by atoms with E-state index in [1.807, 2.05) is 0 Å². The molecule has 0 fully saturated rings. The zero-order chi connectivity index (χ0) is 15.9. The van der Waals surface area contributed by atoms with Gasteiger partial charge in [0.2, 0.25) is 0 Å². The molecule has 0 aromatic rings. The van der Waals surface area contributed by atoms with Gasteiger partial charge in [-0.05, 0) is 23.7 Å². The Labute approximate surface area is 128 Å². The van der Waals surface area contributed by atoms with Gasteiger partial charge in [0, 0.05) is 26.2 Å². The molecule has 0 aromatic heterocycles. The zero-order valence-electron chi connectivity index (χ0n) is 15.2. The van der Waals surface area contributed by atoms with Crippen LogP contribution in [-0.4, -0.2) is 36.0 Å². The number of nitrogens with zero attached hydrogens (tertiary/aromatic N) is 2. The van der Waals surface area contributed by atoms with Crippen molar-refractivity contribution in [1.29, 1.82) is 0 Å². The molecule has 0 aliphatic heterocycles. The van der Waals surface area contributed by atoms with Crippen molar-refractivity contribution in [3.05, 3.63) is 12.4 Å². The Kier molecular flexibility index (Phi) is 9.00. The minimum atomic E-state index is 0.672. The summed E-state index contributed by atoms with van der Waals surface area (Å²) in [6, 6.07) is 0. The lowest BCUT2D eigenvalue weighted by Gasteiger charge is -2.39. The molecular formula is C18H38N2. The fraction of sp³-hybridized carbons (Fsp3) is 0.889. The molecular weight excluding hydrogens is 244 g/mol. The first kappa shape index (κ1) is 19.3. The van der Waals surface area contributed by atoms with Crippen molar-refractivity contribution in [3.63, 3.8) is 0 Å². The van der Waals surface area contributed by atoms with Crippen LogP contribution in [0.25, 0.3) is 0 Å². The lowest BCUT2D eigenvalue weighted by atomic mass is 10.1. The van der Waals surface area contributed by atoms with Crippen LogP contribution in [0.3, 0.4) is 0 Å². The molecule has 0 atom stereocenters. The summed E-state index contributed by atoms with van der Waals surface area (Å²) < 4.78 is 0. The van der Waals surface area contributed by atoms with Crippen molar-refractivity contribution in [2.45, 2.75) is 55.4 Å². The first-order chi connectivity index (χ1) is 9.13. The largest absolute Gasteiger partial charge is 0.358 e. The molecule has 0 radical (unpaired) electrons. The standard InChI is InChI=1S/C18H38N2/c1-14(2)10-19(11-15(3)4)18(9)20(12-16(5)6)13-17(7)8/h14-17H,9-13H2,1-8H3. The second-order valence-corrected chi connectivity index (χ2v) is 7.80. The average Bonchev–Trinajstić information content (AvgIpc) is 2.23. The first-order valence-electron chi connectivity index (χ1n) is 8.32. The first-order valence-corrected chi connectivity index (χ1v) is 8.32. The Bertz CT molecular complexity index is 221. The summed E-state index contributed by atoms with van der Waals surface area (Å²) in [6.45, 7) is 27.1. The molecule has 0 bridgehead atoms. The monoisotopic (exact) mass is 282 g/mol. The summed E-state index contributed by atoms with van der Waals surface area (Å²) >= 11 is 0. The average molecular weight is 283 g/mol. The van der Waals surface area contributed by atoms with E-state index >= 15 is 0 Å². The third-order valence-corrected chi connectivity index (χ3v) is 3.07. The summed E-state index contributed by atoms with van der Waals surface area (Å²) in [5.41, 5.74) is 0. The molecule has 2 nitrogen and oxygen atoms in total. The molecule has 0 N–H and O–H groups in total. The van der Waals surface area contributed by atoms with E-state index in [2.05, 4.69) is 71.8 Å². The molecule has 0 saturated heterocycles. The van der Waals surface area contributed by atoms with Gasteiger partial charge in [-0.15, -0.1) is 0 Å². The van der Waals surface area contributed by atoms with Gasteiger partial charge >= 0.3 is 0 Å². The minimum absolute atomic E-state index is 0.672. The van der Waals surface area contributed by atoms with Crippen LogP contribution in [0.1, 0.15) is 55.4 Å². The highest BCUT2D eigenvalue weighted by Gasteiger charge is 2.18. The van der Waals surface area contributed by atoms with E-state index in [1.54, 1.807) is 0 Å². The Hall–Kier alpha value is -0.660. The predicted molar refractivity (Wildman–Crippen MR) is 91.6 cm³/mol. The van der Waals surface area contributed by atoms with E-state index in [1.165, 1.54) is 5.82 Å². The molecule has 0 aliphatic carbocycles. The van der Waals surface area contributed by atoms with E-state index in [4.69, 9.17) is 0 Å². The third-order valence-electron chi connectivity index (χ3n) is 3.07. The van der Waals surface area contributed by atoms with Gasteiger partial charge in [0.25, 0.3) is 0 Å². The summed E-state index contributed by atoms with van der Waals surface area (Å²) in [5.74, 6) is 3.90. The highest BCUT2D eigenvalue weighted by molar-refractivity contribution is 4.95. The van der Waals surface area contributed by atoms with Crippen LogP contribution < -0.4 is 0 Å². The molecule has 0 heterocycles. The smallest absolute Gasteiger partial charge is 0.0965 e. The summed E-state index contributed by atoms with van der Waals surface area (Å²) in [5, 5.41) is 0. The normalized spacial score (nSPS) is 11.8. The van der Waals surface area contributed by atoms with Crippen LogP contribution in [0.5, 0.6) is 0 Å². The minimum Gasteiger partial charge on any atom is -0.358 e. The van der Waals surface area contributed by atoms with Crippen LogP contribution in [0, 0.1) is 23.7 Å². The van der Waals surface area contributed by atoms with Gasteiger partial charge in [-0.1, -0.05) is 62.0 Å². The lowest BCUT2D eigenvalue weighted by molar-refractivity contribution is 0.159. The molecule has 0 aromatic carbocycles. The highest BCUT2D eigenvalue weighted by atomic mass is 15.3. The second kappa shape index (κ2) is 9.31. The predicted octanol–water partition coefficient (Wildman–Crippen LogP) is 4.69. The topological polar surface area (TPSA) is 6.48 Å². The van der Waals surface area contributed by atoms with Crippen LogP contribution >= 0.6 is 0 Å². The molecule has 0 rings (SSSR count). The number of hydrogen-bond acceptors (Lipinski definition) is 2. The van der Waals surface area contributed by atoms with Crippen molar-refractivity contribution >= 4 is 0 Å². The van der Waals surface area contributed by atoms with Gasteiger partial charge in [-0.25, -0.2) is 0 Å². The number of rotatable bonds is 10. The molecule has 20 heavy (non-hydrogen) atoms.